The van der Waals surface area contributed by atoms with Gasteiger partial charge < -0.3 is 24.4 Å². The Morgan fingerprint density at radius 3 is 1.87 bits per heavy atom. The van der Waals surface area contributed by atoms with Crippen molar-refractivity contribution in [2.24, 2.45) is 23.7 Å². The zero-order chi connectivity index (χ0) is 28.1. The molecule has 9 heteroatoms. The minimum atomic E-state index is -3.15. The van der Waals surface area contributed by atoms with Crippen molar-refractivity contribution < 1.29 is 42.8 Å². The van der Waals surface area contributed by atoms with E-state index >= 15 is 8.78 Å². The van der Waals surface area contributed by atoms with Gasteiger partial charge in [-0.1, -0.05) is 45.8 Å². The van der Waals surface area contributed by atoms with Crippen LogP contribution in [0.15, 0.2) is 24.3 Å². The van der Waals surface area contributed by atoms with Crippen molar-refractivity contribution in [3.63, 3.8) is 0 Å². The molecule has 0 unspecified atom stereocenters. The normalized spacial score (nSPS) is 24.2. The van der Waals surface area contributed by atoms with Gasteiger partial charge in [0.1, 0.15) is 0 Å². The van der Waals surface area contributed by atoms with Crippen LogP contribution in [0, 0.1) is 23.7 Å². The van der Waals surface area contributed by atoms with E-state index in [1.165, 1.54) is 19.3 Å². The molecule has 7 nitrogen and oxygen atoms in total. The van der Waals surface area contributed by atoms with E-state index in [-0.39, 0.29) is 36.2 Å². The van der Waals surface area contributed by atoms with Crippen LogP contribution in [0.3, 0.4) is 0 Å². The number of ether oxygens (including phenoxy) is 3. The second-order valence-electron chi connectivity index (χ2n) is 10.9. The van der Waals surface area contributed by atoms with Crippen LogP contribution in [0.1, 0.15) is 84.0 Å². The Balaban J connectivity index is 1.87. The zero-order valence-electron chi connectivity index (χ0n) is 22.8. The molecule has 2 fully saturated rings. The monoisotopic (exact) mass is 544 g/mol. The largest absolute Gasteiger partial charge is 0.462 e. The van der Waals surface area contributed by atoms with Gasteiger partial charge >= 0.3 is 18.0 Å². The van der Waals surface area contributed by atoms with Crippen molar-refractivity contribution in [1.29, 1.82) is 0 Å². The second kappa shape index (κ2) is 16.3. The van der Waals surface area contributed by atoms with E-state index < -0.39 is 43.3 Å². The molecule has 2 aliphatic carbocycles. The number of aliphatic hydroxyl groups is 2. The SMILES string of the molecule is C=C(CO)C(=O)OCC(COC(=O)C(=C)CO)C1CCC(OC(F)(F)C2CCC(CCCCC)CC2)CC1. The smallest absolute Gasteiger partial charge is 0.358 e. The maximum absolute atomic E-state index is 15.0. The molecule has 0 amide bonds. The number of carbonyl (C=O) groups is 2. The van der Waals surface area contributed by atoms with E-state index in [1.54, 1.807) is 0 Å². The number of rotatable bonds is 16. The highest BCUT2D eigenvalue weighted by Gasteiger charge is 2.45. The fourth-order valence-corrected chi connectivity index (χ4v) is 5.49. The molecule has 0 aromatic carbocycles. The molecule has 0 aliphatic heterocycles. The Morgan fingerprint density at radius 1 is 0.868 bits per heavy atom. The lowest BCUT2D eigenvalue weighted by Gasteiger charge is -2.38. The van der Waals surface area contributed by atoms with Gasteiger partial charge in [-0.15, -0.1) is 0 Å². The molecule has 2 aliphatic rings. The Bertz CT molecular complexity index is 737. The minimum Gasteiger partial charge on any atom is -0.462 e. The number of hydrogen-bond acceptors (Lipinski definition) is 7. The molecular formula is C29H46F2O7. The first kappa shape index (κ1) is 32.4. The van der Waals surface area contributed by atoms with Crippen LogP contribution in [0.2, 0.25) is 0 Å². The van der Waals surface area contributed by atoms with Gasteiger partial charge in [0, 0.05) is 5.92 Å². The third-order valence-electron chi connectivity index (χ3n) is 8.06. The molecule has 2 rings (SSSR count). The fraction of sp³-hybridized carbons (Fsp3) is 0.793. The van der Waals surface area contributed by atoms with E-state index in [2.05, 4.69) is 20.1 Å². The number of hydrogen-bond donors (Lipinski definition) is 2. The van der Waals surface area contributed by atoms with Crippen molar-refractivity contribution in [3.8, 4) is 0 Å². The van der Waals surface area contributed by atoms with Crippen LogP contribution in [-0.2, 0) is 23.8 Å². The minimum absolute atomic E-state index is 0.0487. The van der Waals surface area contributed by atoms with Crippen LogP contribution >= 0.6 is 0 Å². The summed E-state index contributed by atoms with van der Waals surface area (Å²) in [5, 5.41) is 18.2. The van der Waals surface area contributed by atoms with E-state index in [4.69, 9.17) is 24.4 Å². The van der Waals surface area contributed by atoms with Crippen LogP contribution in [0.25, 0.3) is 0 Å². The molecule has 0 heterocycles. The number of unbranched alkanes of at least 4 members (excludes halogenated alkanes) is 2. The number of halogens is 2. The molecule has 0 atom stereocenters. The van der Waals surface area contributed by atoms with Crippen molar-refractivity contribution in [3.05, 3.63) is 24.3 Å². The summed E-state index contributed by atoms with van der Waals surface area (Å²) in [5.74, 6) is -2.12. The standard InChI is InChI=1S/C29H46F2O7/c1-4-5-6-7-22-8-12-25(13-9-22)29(30,31)38-26-14-10-23(11-15-26)24(18-36-27(34)20(2)16-32)19-37-28(35)21(3)17-33/h22-26,32-33H,2-19H2,1H3. The maximum atomic E-state index is 15.0. The van der Waals surface area contributed by atoms with Crippen molar-refractivity contribution in [2.75, 3.05) is 26.4 Å². The average molecular weight is 545 g/mol. The molecule has 2 N–H and O–H groups in total. The van der Waals surface area contributed by atoms with Crippen molar-refractivity contribution in [1.82, 2.24) is 0 Å². The number of alkyl halides is 2. The van der Waals surface area contributed by atoms with Crippen LogP contribution in [-0.4, -0.2) is 60.8 Å². The first-order chi connectivity index (χ1) is 18.1. The number of aliphatic hydroxyl groups excluding tert-OH is 2. The van der Waals surface area contributed by atoms with E-state index in [0.717, 1.165) is 19.3 Å². The van der Waals surface area contributed by atoms with Gasteiger partial charge in [0.05, 0.1) is 49.6 Å². The molecule has 0 aromatic rings. The summed E-state index contributed by atoms with van der Waals surface area (Å²) in [6.45, 7) is 7.81. The summed E-state index contributed by atoms with van der Waals surface area (Å²) in [6.07, 6.45) is 5.58. The van der Waals surface area contributed by atoms with Gasteiger partial charge in [-0.05, 0) is 63.2 Å². The third kappa shape index (κ3) is 10.4. The van der Waals surface area contributed by atoms with Crippen molar-refractivity contribution in [2.45, 2.75) is 96.2 Å². The summed E-state index contributed by atoms with van der Waals surface area (Å²) in [5.41, 5.74) is -0.188. The molecule has 0 radical (unpaired) electrons. The lowest BCUT2D eigenvalue weighted by molar-refractivity contribution is -0.302. The topological polar surface area (TPSA) is 102 Å². The molecule has 0 spiro atoms. The first-order valence-corrected chi connectivity index (χ1v) is 14.1. The number of esters is 2. The summed E-state index contributed by atoms with van der Waals surface area (Å²) in [4.78, 5) is 23.9. The quantitative estimate of drug-likeness (QED) is 0.154. The number of carbonyl (C=O) groups excluding carboxylic acids is 2. The molecule has 38 heavy (non-hydrogen) atoms. The maximum Gasteiger partial charge on any atom is 0.358 e. The zero-order valence-corrected chi connectivity index (χ0v) is 22.8. The Hall–Kier alpha value is -1.84. The third-order valence-corrected chi connectivity index (χ3v) is 8.06. The Labute approximate surface area is 225 Å². The van der Waals surface area contributed by atoms with Gasteiger partial charge in [-0.25, -0.2) is 9.59 Å². The second-order valence-corrected chi connectivity index (χ2v) is 10.9. The average Bonchev–Trinajstić information content (AvgIpc) is 2.92. The lowest BCUT2D eigenvalue weighted by Crippen LogP contribution is -2.40. The Morgan fingerprint density at radius 2 is 1.39 bits per heavy atom. The molecule has 0 saturated heterocycles. The van der Waals surface area contributed by atoms with Crippen LogP contribution in [0.5, 0.6) is 0 Å². The summed E-state index contributed by atoms with van der Waals surface area (Å²) in [6, 6.07) is 0. The van der Waals surface area contributed by atoms with Gasteiger partial charge in [0.2, 0.25) is 0 Å². The molecule has 0 bridgehead atoms. The van der Waals surface area contributed by atoms with Crippen LogP contribution < -0.4 is 0 Å². The summed E-state index contributed by atoms with van der Waals surface area (Å²) >= 11 is 0. The molecule has 0 aromatic heterocycles. The fourth-order valence-electron chi connectivity index (χ4n) is 5.49. The summed E-state index contributed by atoms with van der Waals surface area (Å²) < 4.78 is 45.9. The van der Waals surface area contributed by atoms with Gasteiger partial charge in [-0.3, -0.25) is 0 Å². The lowest BCUT2D eigenvalue weighted by atomic mass is 9.78. The van der Waals surface area contributed by atoms with Gasteiger partial charge in [0.15, 0.2) is 0 Å². The summed E-state index contributed by atoms with van der Waals surface area (Å²) in [7, 11) is 0. The van der Waals surface area contributed by atoms with E-state index in [1.807, 2.05) is 0 Å². The highest BCUT2D eigenvalue weighted by Crippen LogP contribution is 2.43. The molecule has 218 valence electrons. The van der Waals surface area contributed by atoms with Gasteiger partial charge in [-0.2, -0.15) is 8.78 Å². The van der Waals surface area contributed by atoms with Gasteiger partial charge in [0.25, 0.3) is 0 Å². The predicted octanol–water partition coefficient (Wildman–Crippen LogP) is 5.34. The van der Waals surface area contributed by atoms with Crippen molar-refractivity contribution >= 4 is 11.9 Å². The van der Waals surface area contributed by atoms with E-state index in [0.29, 0.717) is 44.4 Å². The molecule has 2 saturated carbocycles. The Kier molecular flexibility index (Phi) is 13.9. The predicted molar refractivity (Wildman–Crippen MR) is 139 cm³/mol. The highest BCUT2D eigenvalue weighted by atomic mass is 19.3. The first-order valence-electron chi connectivity index (χ1n) is 14.1. The molecular weight excluding hydrogens is 498 g/mol. The highest BCUT2D eigenvalue weighted by molar-refractivity contribution is 5.88. The van der Waals surface area contributed by atoms with E-state index in [9.17, 15) is 9.59 Å². The van der Waals surface area contributed by atoms with Crippen LogP contribution in [0.4, 0.5) is 8.78 Å².